The van der Waals surface area contributed by atoms with Gasteiger partial charge in [0.1, 0.15) is 5.82 Å². The Balaban J connectivity index is 1.24. The summed E-state index contributed by atoms with van der Waals surface area (Å²) in [4.78, 5) is 12.8. The standard InChI is InChI=1S/C23H22F4N10O/c1-2-3-18-30-21-15-13-29-36(20(15)31-22(28)37(21)32-18)11-8-34-6-9-35(10-7-34)17-5-4-14(12-16(17)24)19(33-38)23(25,26)27/h4-5,12-13,38H,6-11H2,1H3,(H2,28,31)/b33-19+. The zero-order valence-corrected chi connectivity index (χ0v) is 20.1. The highest BCUT2D eigenvalue weighted by molar-refractivity contribution is 6.04. The minimum absolute atomic E-state index is 0.167. The molecule has 1 aliphatic rings. The van der Waals surface area contributed by atoms with Gasteiger partial charge in [-0.15, -0.1) is 5.10 Å². The molecule has 15 heteroatoms. The van der Waals surface area contributed by atoms with Crippen molar-refractivity contribution in [2.75, 3.05) is 43.4 Å². The largest absolute Gasteiger partial charge is 0.437 e. The van der Waals surface area contributed by atoms with E-state index in [9.17, 15) is 17.6 Å². The molecular formula is C23H22F4N10O. The average molecular weight is 530 g/mol. The Morgan fingerprint density at radius 3 is 2.55 bits per heavy atom. The molecule has 5 rings (SSSR count). The Morgan fingerprint density at radius 2 is 1.89 bits per heavy atom. The molecule has 4 aromatic rings. The van der Waals surface area contributed by atoms with E-state index in [1.54, 1.807) is 22.7 Å². The monoisotopic (exact) mass is 530 g/mol. The van der Waals surface area contributed by atoms with Crippen molar-refractivity contribution in [1.29, 1.82) is 0 Å². The molecule has 4 heterocycles. The van der Waals surface area contributed by atoms with Crippen LogP contribution in [0.15, 0.2) is 29.6 Å². The van der Waals surface area contributed by atoms with Crippen LogP contribution in [0.1, 0.15) is 18.3 Å². The van der Waals surface area contributed by atoms with Gasteiger partial charge in [-0.1, -0.05) is 17.1 Å². The number of anilines is 2. The van der Waals surface area contributed by atoms with Gasteiger partial charge in [0.25, 0.3) is 0 Å². The predicted octanol–water partition coefficient (Wildman–Crippen LogP) is 2.13. The van der Waals surface area contributed by atoms with Crippen molar-refractivity contribution in [1.82, 2.24) is 34.3 Å². The van der Waals surface area contributed by atoms with Crippen LogP contribution >= 0.6 is 0 Å². The molecule has 0 radical (unpaired) electrons. The number of fused-ring (bicyclic) bond motifs is 3. The Kier molecular flexibility index (Phi) is 6.49. The Bertz CT molecular complexity index is 1590. The summed E-state index contributed by atoms with van der Waals surface area (Å²) in [5, 5.41) is 20.4. The molecule has 0 spiro atoms. The molecule has 0 unspecified atom stereocenters. The number of piperazine rings is 1. The fourth-order valence-corrected chi connectivity index (χ4v) is 4.42. The lowest BCUT2D eigenvalue weighted by atomic mass is 10.1. The van der Waals surface area contributed by atoms with Gasteiger partial charge < -0.3 is 15.8 Å². The highest BCUT2D eigenvalue weighted by Crippen LogP contribution is 2.27. The summed E-state index contributed by atoms with van der Waals surface area (Å²) in [5.74, 6) is 5.24. The maximum Gasteiger partial charge on any atom is 0.437 e. The summed E-state index contributed by atoms with van der Waals surface area (Å²) in [7, 11) is 0. The number of nitrogens with two attached hydrogens (primary N) is 1. The van der Waals surface area contributed by atoms with Gasteiger partial charge in [0, 0.05) is 38.3 Å². The fourth-order valence-electron chi connectivity index (χ4n) is 4.42. The smallest absolute Gasteiger partial charge is 0.410 e. The zero-order chi connectivity index (χ0) is 27.0. The third-order valence-corrected chi connectivity index (χ3v) is 6.26. The van der Waals surface area contributed by atoms with E-state index in [1.165, 1.54) is 10.6 Å². The van der Waals surface area contributed by atoms with Crippen molar-refractivity contribution in [3.63, 3.8) is 0 Å². The van der Waals surface area contributed by atoms with Crippen LogP contribution in [0, 0.1) is 17.7 Å². The maximum atomic E-state index is 14.7. The van der Waals surface area contributed by atoms with Crippen LogP contribution in [0.4, 0.5) is 29.2 Å². The molecule has 3 aromatic heterocycles. The average Bonchev–Trinajstić information content (AvgIpc) is 3.47. The van der Waals surface area contributed by atoms with E-state index in [0.29, 0.717) is 61.8 Å². The minimum Gasteiger partial charge on any atom is -0.410 e. The van der Waals surface area contributed by atoms with Gasteiger partial charge in [-0.05, 0) is 25.0 Å². The second-order valence-corrected chi connectivity index (χ2v) is 8.56. The lowest BCUT2D eigenvalue weighted by Gasteiger charge is -2.36. The third-order valence-electron chi connectivity index (χ3n) is 6.26. The van der Waals surface area contributed by atoms with E-state index in [0.717, 1.165) is 12.1 Å². The number of benzene rings is 1. The van der Waals surface area contributed by atoms with E-state index < -0.39 is 23.3 Å². The highest BCUT2D eigenvalue weighted by Gasteiger charge is 2.38. The molecule has 1 aliphatic heterocycles. The normalized spacial score (nSPS) is 15.3. The van der Waals surface area contributed by atoms with Crippen molar-refractivity contribution in [3.05, 3.63) is 41.6 Å². The number of hydrogen-bond donors (Lipinski definition) is 2. The molecule has 1 aromatic carbocycles. The zero-order valence-electron chi connectivity index (χ0n) is 20.1. The molecule has 1 saturated heterocycles. The number of rotatable bonds is 5. The summed E-state index contributed by atoms with van der Waals surface area (Å²) < 4.78 is 56.7. The fraction of sp³-hybridized carbons (Fsp3) is 0.348. The number of alkyl halides is 3. The number of hydrogen-bond acceptors (Lipinski definition) is 9. The molecule has 0 amide bonds. The van der Waals surface area contributed by atoms with E-state index in [4.69, 9.17) is 10.9 Å². The number of oxime groups is 1. The van der Waals surface area contributed by atoms with E-state index in [2.05, 4.69) is 42.1 Å². The first-order valence-electron chi connectivity index (χ1n) is 11.6. The van der Waals surface area contributed by atoms with E-state index in [-0.39, 0.29) is 11.6 Å². The van der Waals surface area contributed by atoms with Gasteiger partial charge in [0.15, 0.2) is 17.0 Å². The third kappa shape index (κ3) is 4.65. The summed E-state index contributed by atoms with van der Waals surface area (Å²) in [6.45, 7) is 5.01. The first-order valence-corrected chi connectivity index (χ1v) is 11.6. The second kappa shape index (κ2) is 9.78. The molecule has 11 nitrogen and oxygen atoms in total. The van der Waals surface area contributed by atoms with Crippen LogP contribution in [-0.4, -0.2) is 84.1 Å². The molecule has 3 N–H and O–H groups in total. The molecular weight excluding hydrogens is 508 g/mol. The van der Waals surface area contributed by atoms with Gasteiger partial charge >= 0.3 is 6.18 Å². The van der Waals surface area contributed by atoms with Crippen molar-refractivity contribution in [3.8, 4) is 11.8 Å². The quantitative estimate of drug-likeness (QED) is 0.132. The van der Waals surface area contributed by atoms with Crippen LogP contribution in [0.2, 0.25) is 0 Å². The summed E-state index contributed by atoms with van der Waals surface area (Å²) in [6, 6.07) is 3.10. The number of nitrogens with zero attached hydrogens (tertiary/aromatic N) is 9. The van der Waals surface area contributed by atoms with Gasteiger partial charge in [-0.25, -0.2) is 9.07 Å². The highest BCUT2D eigenvalue weighted by atomic mass is 19.4. The lowest BCUT2D eigenvalue weighted by Crippen LogP contribution is -2.47. The Morgan fingerprint density at radius 1 is 1.13 bits per heavy atom. The molecule has 0 bridgehead atoms. The number of halogens is 4. The van der Waals surface area contributed by atoms with Gasteiger partial charge in [0.2, 0.25) is 11.8 Å². The number of nitrogen functional groups attached to an aromatic ring is 1. The van der Waals surface area contributed by atoms with Gasteiger partial charge in [-0.3, -0.25) is 4.90 Å². The molecule has 1 fully saturated rings. The molecule has 198 valence electrons. The van der Waals surface area contributed by atoms with Crippen LogP contribution in [0.5, 0.6) is 0 Å². The Labute approximate surface area is 213 Å². The first kappa shape index (κ1) is 25.2. The van der Waals surface area contributed by atoms with E-state index >= 15 is 0 Å². The van der Waals surface area contributed by atoms with Crippen LogP contribution < -0.4 is 10.6 Å². The minimum atomic E-state index is -4.90. The maximum absolute atomic E-state index is 14.7. The first-order chi connectivity index (χ1) is 18.2. The predicted molar refractivity (Wildman–Crippen MR) is 130 cm³/mol. The van der Waals surface area contributed by atoms with Crippen molar-refractivity contribution < 1.29 is 22.8 Å². The topological polar surface area (TPSA) is 126 Å². The molecule has 38 heavy (non-hydrogen) atoms. The van der Waals surface area contributed by atoms with Gasteiger partial charge in [0.05, 0.1) is 23.8 Å². The van der Waals surface area contributed by atoms with Crippen molar-refractivity contribution >= 4 is 34.0 Å². The molecule has 0 saturated carbocycles. The summed E-state index contributed by atoms with van der Waals surface area (Å²) in [5.41, 5.74) is 5.27. The van der Waals surface area contributed by atoms with Crippen LogP contribution in [-0.2, 0) is 6.54 Å². The number of aromatic nitrogens is 6. The van der Waals surface area contributed by atoms with E-state index in [1.807, 2.05) is 0 Å². The van der Waals surface area contributed by atoms with Gasteiger partial charge in [-0.2, -0.15) is 32.8 Å². The summed E-state index contributed by atoms with van der Waals surface area (Å²) >= 11 is 0. The Hall–Kier alpha value is -4.45. The SMILES string of the molecule is CC#Cc1nc2c3cnn(CCN4CCN(c5ccc(/C(=N\O)C(F)(F)F)cc5F)CC4)c3nc(N)n2n1. The lowest BCUT2D eigenvalue weighted by molar-refractivity contribution is -0.0601. The molecule has 0 atom stereocenters. The van der Waals surface area contributed by atoms with Crippen LogP contribution in [0.3, 0.4) is 0 Å². The molecule has 0 aliphatic carbocycles. The summed E-state index contributed by atoms with van der Waals surface area (Å²) in [6.07, 6.45) is -3.24. The van der Waals surface area contributed by atoms with Crippen LogP contribution in [0.25, 0.3) is 16.7 Å². The van der Waals surface area contributed by atoms with Crippen molar-refractivity contribution in [2.24, 2.45) is 5.16 Å². The van der Waals surface area contributed by atoms with Crippen molar-refractivity contribution in [2.45, 2.75) is 19.6 Å². The second-order valence-electron chi connectivity index (χ2n) is 8.56.